The highest BCUT2D eigenvalue weighted by atomic mass is 15.4. The van der Waals surface area contributed by atoms with Crippen LogP contribution in [-0.2, 0) is 6.54 Å². The molecule has 1 saturated heterocycles. The molecule has 4 rings (SSSR count). The van der Waals surface area contributed by atoms with Crippen LogP contribution in [0.2, 0.25) is 0 Å². The molecule has 3 aromatic rings. The lowest BCUT2D eigenvalue weighted by Crippen LogP contribution is -2.47. The summed E-state index contributed by atoms with van der Waals surface area (Å²) < 4.78 is 3.88. The lowest BCUT2D eigenvalue weighted by atomic mass is 10.1. The monoisotopic (exact) mass is 279 g/mol. The molecular weight excluding hydrogens is 266 g/mol. The van der Waals surface area contributed by atoms with Crippen LogP contribution in [0.5, 0.6) is 0 Å². The first kappa shape index (κ1) is 12.1. The average Bonchev–Trinajstić information content (AvgIpc) is 3.09. The number of nitrogens with zero attached hydrogens (tertiary/aromatic N) is 7. The zero-order chi connectivity index (χ0) is 14.2. The second kappa shape index (κ2) is 4.68. The summed E-state index contributed by atoms with van der Waals surface area (Å²) in [5, 5.41) is 21.4. The molecule has 0 aromatic carbocycles. The van der Waals surface area contributed by atoms with E-state index in [2.05, 4.69) is 26.3 Å². The summed E-state index contributed by atoms with van der Waals surface area (Å²) in [5.74, 6) is 0.947. The van der Waals surface area contributed by atoms with E-state index < -0.39 is 0 Å². The molecular formula is C14H13N7. The number of hydrogen-bond acceptors (Lipinski definition) is 5. The topological polar surface area (TPSA) is 75.0 Å². The van der Waals surface area contributed by atoms with E-state index in [1.165, 1.54) is 0 Å². The molecule has 0 amide bonds. The lowest BCUT2D eigenvalue weighted by molar-refractivity contribution is 0.0877. The lowest BCUT2D eigenvalue weighted by Gasteiger charge is -2.38. The van der Waals surface area contributed by atoms with Gasteiger partial charge in [-0.2, -0.15) is 10.4 Å². The van der Waals surface area contributed by atoms with Crippen molar-refractivity contribution in [3.63, 3.8) is 0 Å². The van der Waals surface area contributed by atoms with Gasteiger partial charge < -0.3 is 0 Å². The Bertz CT molecular complexity index is 819. The molecule has 0 atom stereocenters. The standard InChI is InChI=1S/C14H13N7/c15-5-11-6-16-21(7-11)12-8-19(9-12)10-14-18-17-13-3-1-2-4-20(13)14/h1-4,6-7,12H,8-10H2. The van der Waals surface area contributed by atoms with Gasteiger partial charge in [0.2, 0.25) is 0 Å². The molecule has 4 heterocycles. The van der Waals surface area contributed by atoms with E-state index in [-0.39, 0.29) is 0 Å². The molecule has 104 valence electrons. The maximum Gasteiger partial charge on any atom is 0.160 e. The van der Waals surface area contributed by atoms with Gasteiger partial charge in [-0.15, -0.1) is 10.2 Å². The van der Waals surface area contributed by atoms with Crippen molar-refractivity contribution in [3.8, 4) is 6.07 Å². The smallest absolute Gasteiger partial charge is 0.160 e. The van der Waals surface area contributed by atoms with Crippen molar-refractivity contribution in [3.05, 3.63) is 48.2 Å². The molecule has 0 radical (unpaired) electrons. The first-order valence-electron chi connectivity index (χ1n) is 6.79. The highest BCUT2D eigenvalue weighted by Crippen LogP contribution is 2.22. The third-order valence-corrected chi connectivity index (χ3v) is 3.79. The summed E-state index contributed by atoms with van der Waals surface area (Å²) in [6.45, 7) is 2.59. The fourth-order valence-corrected chi connectivity index (χ4v) is 2.63. The molecule has 0 spiro atoms. The predicted molar refractivity (Wildman–Crippen MR) is 74.2 cm³/mol. The quantitative estimate of drug-likeness (QED) is 0.710. The molecule has 7 heteroatoms. The average molecular weight is 279 g/mol. The van der Waals surface area contributed by atoms with Crippen molar-refractivity contribution in [1.82, 2.24) is 29.3 Å². The van der Waals surface area contributed by atoms with Crippen LogP contribution in [0.15, 0.2) is 36.8 Å². The number of pyridine rings is 1. The second-order valence-electron chi connectivity index (χ2n) is 5.21. The van der Waals surface area contributed by atoms with E-state index in [0.29, 0.717) is 11.6 Å². The molecule has 0 bridgehead atoms. The highest BCUT2D eigenvalue weighted by molar-refractivity contribution is 5.37. The number of hydrogen-bond donors (Lipinski definition) is 0. The summed E-state index contributed by atoms with van der Waals surface area (Å²) in [6, 6.07) is 8.32. The molecule has 1 fully saturated rings. The number of fused-ring (bicyclic) bond motifs is 1. The Morgan fingerprint density at radius 3 is 3.00 bits per heavy atom. The fraction of sp³-hybridized carbons (Fsp3) is 0.286. The third-order valence-electron chi connectivity index (χ3n) is 3.79. The van der Waals surface area contributed by atoms with Gasteiger partial charge in [0.25, 0.3) is 0 Å². The summed E-state index contributed by atoms with van der Waals surface area (Å²) in [5.41, 5.74) is 1.48. The Labute approximate surface area is 121 Å². The van der Waals surface area contributed by atoms with Gasteiger partial charge in [0.15, 0.2) is 11.5 Å². The Balaban J connectivity index is 1.43. The zero-order valence-electron chi connectivity index (χ0n) is 11.3. The number of likely N-dealkylation sites (tertiary alicyclic amines) is 1. The van der Waals surface area contributed by atoms with Gasteiger partial charge in [-0.3, -0.25) is 14.0 Å². The minimum absolute atomic E-state index is 0.339. The zero-order valence-corrected chi connectivity index (χ0v) is 11.3. The van der Waals surface area contributed by atoms with Gasteiger partial charge >= 0.3 is 0 Å². The van der Waals surface area contributed by atoms with Gasteiger partial charge in [0, 0.05) is 25.5 Å². The van der Waals surface area contributed by atoms with Gasteiger partial charge in [-0.05, 0) is 12.1 Å². The van der Waals surface area contributed by atoms with Gasteiger partial charge in [0.05, 0.1) is 24.3 Å². The number of nitriles is 1. The molecule has 21 heavy (non-hydrogen) atoms. The summed E-state index contributed by atoms with van der Waals surface area (Å²) in [4.78, 5) is 2.29. The Kier molecular flexibility index (Phi) is 2.69. The van der Waals surface area contributed by atoms with Gasteiger partial charge in [-0.1, -0.05) is 6.07 Å². The molecule has 0 aliphatic carbocycles. The minimum Gasteiger partial charge on any atom is -0.292 e. The van der Waals surface area contributed by atoms with Crippen LogP contribution in [0.4, 0.5) is 0 Å². The van der Waals surface area contributed by atoms with Crippen LogP contribution < -0.4 is 0 Å². The first-order chi connectivity index (χ1) is 10.3. The van der Waals surface area contributed by atoms with Crippen LogP contribution in [0.3, 0.4) is 0 Å². The van der Waals surface area contributed by atoms with E-state index in [4.69, 9.17) is 5.26 Å². The van der Waals surface area contributed by atoms with Crippen LogP contribution in [-0.4, -0.2) is 42.4 Å². The number of aromatic nitrogens is 5. The molecule has 3 aromatic heterocycles. The highest BCUT2D eigenvalue weighted by Gasteiger charge is 2.29. The first-order valence-corrected chi connectivity index (χ1v) is 6.79. The van der Waals surface area contributed by atoms with Crippen LogP contribution >= 0.6 is 0 Å². The SMILES string of the molecule is N#Cc1cnn(C2CN(Cc3nnc4ccccn34)C2)c1. The minimum atomic E-state index is 0.339. The van der Waals surface area contributed by atoms with E-state index >= 15 is 0 Å². The fourth-order valence-electron chi connectivity index (χ4n) is 2.63. The van der Waals surface area contributed by atoms with Gasteiger partial charge in [0.1, 0.15) is 6.07 Å². The van der Waals surface area contributed by atoms with Crippen LogP contribution in [0.25, 0.3) is 5.65 Å². The van der Waals surface area contributed by atoms with Crippen molar-refractivity contribution in [1.29, 1.82) is 5.26 Å². The van der Waals surface area contributed by atoms with Crippen molar-refractivity contribution < 1.29 is 0 Å². The molecule has 0 saturated carbocycles. The van der Waals surface area contributed by atoms with Crippen molar-refractivity contribution >= 4 is 5.65 Å². The summed E-state index contributed by atoms with van der Waals surface area (Å²) >= 11 is 0. The molecule has 1 aliphatic rings. The number of rotatable bonds is 3. The largest absolute Gasteiger partial charge is 0.292 e. The van der Waals surface area contributed by atoms with E-state index in [1.54, 1.807) is 12.4 Å². The molecule has 0 unspecified atom stereocenters. The van der Waals surface area contributed by atoms with Crippen LogP contribution in [0.1, 0.15) is 17.4 Å². The van der Waals surface area contributed by atoms with Crippen molar-refractivity contribution in [2.45, 2.75) is 12.6 Å². The maximum absolute atomic E-state index is 8.82. The van der Waals surface area contributed by atoms with Gasteiger partial charge in [-0.25, -0.2) is 0 Å². The Hall–Kier alpha value is -2.72. The third kappa shape index (κ3) is 2.06. The van der Waals surface area contributed by atoms with E-state index in [9.17, 15) is 0 Å². The second-order valence-corrected chi connectivity index (χ2v) is 5.21. The Morgan fingerprint density at radius 2 is 2.19 bits per heavy atom. The maximum atomic E-state index is 8.82. The summed E-state index contributed by atoms with van der Waals surface area (Å²) in [6.07, 6.45) is 5.39. The molecule has 7 nitrogen and oxygen atoms in total. The summed E-state index contributed by atoms with van der Waals surface area (Å²) in [7, 11) is 0. The molecule has 1 aliphatic heterocycles. The molecule has 0 N–H and O–H groups in total. The van der Waals surface area contributed by atoms with Crippen molar-refractivity contribution in [2.75, 3.05) is 13.1 Å². The van der Waals surface area contributed by atoms with Crippen LogP contribution in [0, 0.1) is 11.3 Å². The van der Waals surface area contributed by atoms with E-state index in [0.717, 1.165) is 31.1 Å². The van der Waals surface area contributed by atoms with E-state index in [1.807, 2.05) is 33.5 Å². The normalized spacial score (nSPS) is 16.0. The Morgan fingerprint density at radius 1 is 1.29 bits per heavy atom. The van der Waals surface area contributed by atoms with Crippen molar-refractivity contribution in [2.24, 2.45) is 0 Å². The predicted octanol–water partition coefficient (Wildman–Crippen LogP) is 0.854.